The van der Waals surface area contributed by atoms with Gasteiger partial charge >= 0.3 is 0 Å². The molecule has 0 saturated carbocycles. The molecule has 0 bridgehead atoms. The van der Waals surface area contributed by atoms with E-state index in [0.717, 1.165) is 4.31 Å². The van der Waals surface area contributed by atoms with Gasteiger partial charge in [0.15, 0.2) is 0 Å². The number of nitriles is 1. The predicted octanol–water partition coefficient (Wildman–Crippen LogP) is 0.341. The van der Waals surface area contributed by atoms with Crippen molar-refractivity contribution in [2.45, 2.75) is 11.8 Å². The van der Waals surface area contributed by atoms with Crippen molar-refractivity contribution < 1.29 is 13.2 Å². The molecule has 0 aliphatic carbocycles. The molecule has 1 fully saturated rings. The molecule has 1 aromatic carbocycles. The van der Waals surface area contributed by atoms with Crippen molar-refractivity contribution in [2.75, 3.05) is 39.8 Å². The van der Waals surface area contributed by atoms with Crippen molar-refractivity contribution >= 4 is 28.3 Å². The molecule has 0 aromatic heterocycles. The maximum Gasteiger partial charge on any atom is 0.243 e. The minimum atomic E-state index is -3.82. The molecule has 1 amide bonds. The van der Waals surface area contributed by atoms with Gasteiger partial charge in [-0.1, -0.05) is 6.07 Å². The Morgan fingerprint density at radius 2 is 2.00 bits per heavy atom. The molecule has 7 nitrogen and oxygen atoms in total. The van der Waals surface area contributed by atoms with Crippen LogP contribution in [0.25, 0.3) is 0 Å². The van der Waals surface area contributed by atoms with Crippen LogP contribution < -0.4 is 5.32 Å². The quantitative estimate of drug-likeness (QED) is 0.822. The van der Waals surface area contributed by atoms with Gasteiger partial charge < -0.3 is 10.2 Å². The maximum absolute atomic E-state index is 12.7. The molecule has 1 aromatic rings. The van der Waals surface area contributed by atoms with Crippen molar-refractivity contribution in [3.8, 4) is 6.07 Å². The Morgan fingerprint density at radius 1 is 1.38 bits per heavy atom. The Morgan fingerprint density at radius 3 is 2.58 bits per heavy atom. The molecule has 1 saturated heterocycles. The summed E-state index contributed by atoms with van der Waals surface area (Å²) in [6.07, 6.45) is 0. The first-order valence-corrected chi connectivity index (χ1v) is 8.76. The normalized spacial score (nSPS) is 14.8. The highest BCUT2D eigenvalue weighted by molar-refractivity contribution is 7.89. The average Bonchev–Trinajstić information content (AvgIpc) is 2.55. The minimum Gasteiger partial charge on any atom is -0.339 e. The van der Waals surface area contributed by atoms with E-state index in [9.17, 15) is 13.2 Å². The largest absolute Gasteiger partial charge is 0.339 e. The van der Waals surface area contributed by atoms with E-state index in [1.807, 2.05) is 6.07 Å². The molecular formula is C15H21ClN4O3S. The van der Waals surface area contributed by atoms with E-state index in [-0.39, 0.29) is 35.3 Å². The molecule has 0 radical (unpaired) electrons. The van der Waals surface area contributed by atoms with E-state index < -0.39 is 10.0 Å². The number of likely N-dealkylation sites (N-methyl/N-ethyl adjacent to an activating group) is 1. The highest BCUT2D eigenvalue weighted by Gasteiger charge is 2.27. The highest BCUT2D eigenvalue weighted by Crippen LogP contribution is 2.20. The first kappa shape index (κ1) is 20.4. The second kappa shape index (κ2) is 8.44. The van der Waals surface area contributed by atoms with Gasteiger partial charge in [-0.25, -0.2) is 8.42 Å². The van der Waals surface area contributed by atoms with Crippen molar-refractivity contribution in [1.29, 1.82) is 5.26 Å². The molecule has 1 aliphatic heterocycles. The molecule has 0 spiro atoms. The lowest BCUT2D eigenvalue weighted by Crippen LogP contribution is -2.49. The number of carbonyl (C=O) groups excluding carboxylic acids is 1. The molecular weight excluding hydrogens is 352 g/mol. The molecule has 1 heterocycles. The Balaban J connectivity index is 0.00000288. The van der Waals surface area contributed by atoms with Crippen LogP contribution in [0, 0.1) is 18.3 Å². The van der Waals surface area contributed by atoms with Crippen LogP contribution in [-0.2, 0) is 14.8 Å². The second-order valence-corrected chi connectivity index (χ2v) is 7.50. The number of benzene rings is 1. The number of halogens is 1. The Bertz CT molecular complexity index is 740. The van der Waals surface area contributed by atoms with Gasteiger partial charge in [0.05, 0.1) is 23.1 Å². The smallest absolute Gasteiger partial charge is 0.243 e. The van der Waals surface area contributed by atoms with E-state index in [0.29, 0.717) is 31.7 Å². The Kier molecular flexibility index (Phi) is 7.17. The second-order valence-electron chi connectivity index (χ2n) is 5.48. The number of nitrogens with zero attached hydrogens (tertiary/aromatic N) is 3. The number of carbonyl (C=O) groups is 1. The van der Waals surface area contributed by atoms with Crippen molar-refractivity contribution in [2.24, 2.45) is 0 Å². The third kappa shape index (κ3) is 4.45. The van der Waals surface area contributed by atoms with E-state index >= 15 is 0 Å². The van der Waals surface area contributed by atoms with Gasteiger partial charge in [-0.15, -0.1) is 12.4 Å². The average molecular weight is 373 g/mol. The number of sulfonamides is 1. The van der Waals surface area contributed by atoms with Crippen LogP contribution in [-0.4, -0.2) is 63.3 Å². The lowest BCUT2D eigenvalue weighted by atomic mass is 10.2. The van der Waals surface area contributed by atoms with Crippen LogP contribution in [0.3, 0.4) is 0 Å². The summed E-state index contributed by atoms with van der Waals surface area (Å²) in [5.74, 6) is -0.216. The van der Waals surface area contributed by atoms with Gasteiger partial charge in [0.25, 0.3) is 0 Å². The molecule has 1 aliphatic rings. The van der Waals surface area contributed by atoms with Crippen molar-refractivity contribution in [3.05, 3.63) is 29.3 Å². The van der Waals surface area contributed by atoms with E-state index in [1.165, 1.54) is 13.1 Å². The summed E-state index contributed by atoms with van der Waals surface area (Å²) in [5, 5.41) is 12.1. The number of rotatable bonds is 4. The molecule has 9 heteroatoms. The molecule has 0 unspecified atom stereocenters. The zero-order chi connectivity index (χ0) is 17.0. The number of amides is 1. The van der Waals surface area contributed by atoms with Crippen LogP contribution >= 0.6 is 12.4 Å². The first-order valence-electron chi connectivity index (χ1n) is 7.32. The van der Waals surface area contributed by atoms with Crippen LogP contribution in [0.2, 0.25) is 0 Å². The lowest BCUT2D eigenvalue weighted by Gasteiger charge is -2.29. The van der Waals surface area contributed by atoms with Crippen LogP contribution in [0.5, 0.6) is 0 Å². The van der Waals surface area contributed by atoms with Gasteiger partial charge in [0.2, 0.25) is 15.9 Å². The van der Waals surface area contributed by atoms with Crippen molar-refractivity contribution in [3.63, 3.8) is 0 Å². The summed E-state index contributed by atoms with van der Waals surface area (Å²) in [4.78, 5) is 14.0. The van der Waals surface area contributed by atoms with Gasteiger partial charge in [-0.3, -0.25) is 4.79 Å². The van der Waals surface area contributed by atoms with E-state index in [4.69, 9.17) is 5.26 Å². The summed E-state index contributed by atoms with van der Waals surface area (Å²) in [6.45, 7) is 4.04. The van der Waals surface area contributed by atoms with Crippen molar-refractivity contribution in [1.82, 2.24) is 14.5 Å². The summed E-state index contributed by atoms with van der Waals surface area (Å²) in [5.41, 5.74) is 0.821. The minimum absolute atomic E-state index is 0. The topological polar surface area (TPSA) is 93.5 Å². The number of aryl methyl sites for hydroxylation is 1. The first-order chi connectivity index (χ1) is 10.9. The van der Waals surface area contributed by atoms with Crippen LogP contribution in [0.4, 0.5) is 0 Å². The Labute approximate surface area is 148 Å². The fourth-order valence-electron chi connectivity index (χ4n) is 2.41. The molecule has 1 N–H and O–H groups in total. The zero-order valence-electron chi connectivity index (χ0n) is 13.7. The SMILES string of the molecule is Cc1ccc(C#N)cc1S(=O)(=O)N(C)CC(=O)N1CCNCC1.Cl. The third-order valence-electron chi connectivity index (χ3n) is 3.83. The van der Waals surface area contributed by atoms with E-state index in [2.05, 4.69) is 5.32 Å². The molecule has 24 heavy (non-hydrogen) atoms. The fraction of sp³-hybridized carbons (Fsp3) is 0.467. The van der Waals surface area contributed by atoms with Gasteiger partial charge in [0, 0.05) is 33.2 Å². The number of piperazine rings is 1. The Hall–Kier alpha value is -1.66. The molecule has 2 rings (SSSR count). The number of hydrogen-bond acceptors (Lipinski definition) is 5. The van der Waals surface area contributed by atoms with Crippen LogP contribution in [0.1, 0.15) is 11.1 Å². The van der Waals surface area contributed by atoms with Crippen LogP contribution in [0.15, 0.2) is 23.1 Å². The monoisotopic (exact) mass is 372 g/mol. The summed E-state index contributed by atoms with van der Waals surface area (Å²) in [7, 11) is -2.43. The van der Waals surface area contributed by atoms with E-state index in [1.54, 1.807) is 24.0 Å². The van der Waals surface area contributed by atoms with Gasteiger partial charge in [0.1, 0.15) is 0 Å². The molecule has 132 valence electrons. The summed E-state index contributed by atoms with van der Waals surface area (Å²) < 4.78 is 26.4. The zero-order valence-corrected chi connectivity index (χ0v) is 15.3. The number of nitrogens with one attached hydrogen (secondary N) is 1. The summed E-state index contributed by atoms with van der Waals surface area (Å²) in [6, 6.07) is 6.44. The number of hydrogen-bond donors (Lipinski definition) is 1. The fourth-order valence-corrected chi connectivity index (χ4v) is 3.77. The molecule has 0 atom stereocenters. The summed E-state index contributed by atoms with van der Waals surface area (Å²) >= 11 is 0. The third-order valence-corrected chi connectivity index (χ3v) is 5.78. The van der Waals surface area contributed by atoms with Gasteiger partial charge in [-0.05, 0) is 24.6 Å². The standard InChI is InChI=1S/C15H20N4O3S.ClH/c1-12-3-4-13(10-16)9-14(12)23(21,22)18(2)11-15(20)19-7-5-17-6-8-19;/h3-4,9,17H,5-8,11H2,1-2H3;1H. The lowest BCUT2D eigenvalue weighted by molar-refractivity contribution is -0.131. The maximum atomic E-state index is 12.7. The highest BCUT2D eigenvalue weighted by atomic mass is 35.5. The predicted molar refractivity (Wildman–Crippen MR) is 92.4 cm³/mol. The van der Waals surface area contributed by atoms with Gasteiger partial charge in [-0.2, -0.15) is 9.57 Å².